The van der Waals surface area contributed by atoms with E-state index in [4.69, 9.17) is 23.2 Å². The second-order valence-corrected chi connectivity index (χ2v) is 5.34. The normalized spacial score (nSPS) is 12.5. The van der Waals surface area contributed by atoms with Gasteiger partial charge in [-0.2, -0.15) is 0 Å². The van der Waals surface area contributed by atoms with Crippen LogP contribution in [-0.4, -0.2) is 5.11 Å². The van der Waals surface area contributed by atoms with E-state index in [9.17, 15) is 9.50 Å². The zero-order chi connectivity index (χ0) is 14.0. The molecule has 2 aromatic carbocycles. The van der Waals surface area contributed by atoms with Gasteiger partial charge in [0.15, 0.2) is 0 Å². The highest BCUT2D eigenvalue weighted by Crippen LogP contribution is 2.26. The van der Waals surface area contributed by atoms with Crippen LogP contribution in [0.1, 0.15) is 22.8 Å². The van der Waals surface area contributed by atoms with Crippen molar-refractivity contribution in [3.05, 3.63) is 69.0 Å². The maximum Gasteiger partial charge on any atom is 0.145 e. The average molecular weight is 299 g/mol. The van der Waals surface area contributed by atoms with Crippen LogP contribution in [0.4, 0.5) is 4.39 Å². The second-order valence-electron chi connectivity index (χ2n) is 4.49. The smallest absolute Gasteiger partial charge is 0.145 e. The summed E-state index contributed by atoms with van der Waals surface area (Å²) in [5, 5.41) is 10.8. The standard InChI is InChI=1S/C15H13Cl2FO/c1-9-5-11(7-12(16)6-9)14(19)8-10-3-2-4-13(17)15(10)18/h2-7,14,19H,8H2,1H3. The summed E-state index contributed by atoms with van der Waals surface area (Å²) in [6.07, 6.45) is -0.656. The minimum atomic E-state index is -0.814. The van der Waals surface area contributed by atoms with Crippen molar-refractivity contribution in [2.45, 2.75) is 19.4 Å². The molecule has 0 aliphatic heterocycles. The predicted molar refractivity (Wildman–Crippen MR) is 76.3 cm³/mol. The van der Waals surface area contributed by atoms with Gasteiger partial charge in [0.25, 0.3) is 0 Å². The molecule has 2 aromatic rings. The first-order chi connectivity index (χ1) is 8.97. The second kappa shape index (κ2) is 5.91. The van der Waals surface area contributed by atoms with Crippen molar-refractivity contribution >= 4 is 23.2 Å². The van der Waals surface area contributed by atoms with E-state index in [2.05, 4.69) is 0 Å². The first-order valence-corrected chi connectivity index (χ1v) is 6.61. The number of benzene rings is 2. The highest BCUT2D eigenvalue weighted by molar-refractivity contribution is 6.31. The summed E-state index contributed by atoms with van der Waals surface area (Å²) in [4.78, 5) is 0. The van der Waals surface area contributed by atoms with Crippen LogP contribution >= 0.6 is 23.2 Å². The number of aliphatic hydroxyl groups is 1. The van der Waals surface area contributed by atoms with Gasteiger partial charge < -0.3 is 5.11 Å². The van der Waals surface area contributed by atoms with Crippen molar-refractivity contribution in [2.75, 3.05) is 0 Å². The monoisotopic (exact) mass is 298 g/mol. The molecule has 0 amide bonds. The third-order valence-corrected chi connectivity index (χ3v) is 3.40. The highest BCUT2D eigenvalue weighted by atomic mass is 35.5. The zero-order valence-corrected chi connectivity index (χ0v) is 11.8. The van der Waals surface area contributed by atoms with Gasteiger partial charge in [-0.05, 0) is 41.8 Å². The molecule has 1 N–H and O–H groups in total. The maximum atomic E-state index is 13.8. The summed E-state index contributed by atoms with van der Waals surface area (Å²) >= 11 is 11.7. The van der Waals surface area contributed by atoms with Gasteiger partial charge in [0, 0.05) is 11.4 Å². The summed E-state index contributed by atoms with van der Waals surface area (Å²) < 4.78 is 13.8. The molecule has 0 bridgehead atoms. The van der Waals surface area contributed by atoms with Crippen LogP contribution < -0.4 is 0 Å². The Morgan fingerprint density at radius 3 is 2.63 bits per heavy atom. The Bertz CT molecular complexity index is 578. The van der Waals surface area contributed by atoms with Crippen molar-refractivity contribution in [1.82, 2.24) is 0 Å². The largest absolute Gasteiger partial charge is 0.388 e. The lowest BCUT2D eigenvalue weighted by atomic mass is 10.00. The molecular formula is C15H13Cl2FO. The van der Waals surface area contributed by atoms with Crippen molar-refractivity contribution < 1.29 is 9.50 Å². The number of aliphatic hydroxyl groups excluding tert-OH is 1. The Morgan fingerprint density at radius 2 is 1.95 bits per heavy atom. The van der Waals surface area contributed by atoms with Gasteiger partial charge >= 0.3 is 0 Å². The number of hydrogen-bond donors (Lipinski definition) is 1. The van der Waals surface area contributed by atoms with E-state index in [1.807, 2.05) is 13.0 Å². The van der Waals surface area contributed by atoms with E-state index >= 15 is 0 Å². The van der Waals surface area contributed by atoms with Gasteiger partial charge in [-0.1, -0.05) is 41.4 Å². The molecule has 100 valence electrons. The van der Waals surface area contributed by atoms with Gasteiger partial charge in [-0.25, -0.2) is 4.39 Å². The molecule has 2 rings (SSSR count). The van der Waals surface area contributed by atoms with Crippen molar-refractivity contribution in [2.24, 2.45) is 0 Å². The lowest BCUT2D eigenvalue weighted by Crippen LogP contribution is -2.04. The van der Waals surface area contributed by atoms with Crippen LogP contribution in [0.25, 0.3) is 0 Å². The van der Waals surface area contributed by atoms with Crippen LogP contribution in [0.2, 0.25) is 10.0 Å². The quantitative estimate of drug-likeness (QED) is 0.869. The summed E-state index contributed by atoms with van der Waals surface area (Å²) in [5.74, 6) is -0.484. The van der Waals surface area contributed by atoms with Gasteiger partial charge in [0.05, 0.1) is 11.1 Å². The molecular weight excluding hydrogens is 286 g/mol. The Morgan fingerprint density at radius 1 is 1.21 bits per heavy atom. The van der Waals surface area contributed by atoms with E-state index in [1.165, 1.54) is 6.07 Å². The molecule has 0 saturated carbocycles. The van der Waals surface area contributed by atoms with Crippen LogP contribution in [0.15, 0.2) is 36.4 Å². The van der Waals surface area contributed by atoms with Crippen LogP contribution in [0.3, 0.4) is 0 Å². The Kier molecular flexibility index (Phi) is 4.46. The fourth-order valence-corrected chi connectivity index (χ4v) is 2.48. The molecule has 0 fully saturated rings. The Hall–Kier alpha value is -1.09. The number of rotatable bonds is 3. The highest BCUT2D eigenvalue weighted by Gasteiger charge is 2.14. The number of aryl methyl sites for hydroxylation is 1. The van der Waals surface area contributed by atoms with Gasteiger partial charge in [0.1, 0.15) is 5.82 Å². The molecule has 19 heavy (non-hydrogen) atoms. The van der Waals surface area contributed by atoms with Crippen LogP contribution in [0.5, 0.6) is 0 Å². The lowest BCUT2D eigenvalue weighted by molar-refractivity contribution is 0.177. The van der Waals surface area contributed by atoms with E-state index in [1.54, 1.807) is 24.3 Å². The van der Waals surface area contributed by atoms with Crippen molar-refractivity contribution in [1.29, 1.82) is 0 Å². The van der Waals surface area contributed by atoms with E-state index in [0.717, 1.165) is 5.56 Å². The number of halogens is 3. The molecule has 0 aliphatic carbocycles. The zero-order valence-electron chi connectivity index (χ0n) is 10.3. The molecule has 0 heterocycles. The molecule has 0 aromatic heterocycles. The summed E-state index contributed by atoms with van der Waals surface area (Å²) in [7, 11) is 0. The minimum absolute atomic E-state index is 0.0620. The molecule has 4 heteroatoms. The third-order valence-electron chi connectivity index (χ3n) is 2.89. The molecule has 0 aliphatic rings. The Labute approximate surface area is 121 Å². The van der Waals surface area contributed by atoms with E-state index < -0.39 is 11.9 Å². The topological polar surface area (TPSA) is 20.2 Å². The SMILES string of the molecule is Cc1cc(Cl)cc(C(O)Cc2cccc(Cl)c2F)c1. The fraction of sp³-hybridized carbons (Fsp3) is 0.200. The van der Waals surface area contributed by atoms with E-state index in [0.29, 0.717) is 16.1 Å². The van der Waals surface area contributed by atoms with Gasteiger partial charge in [-0.15, -0.1) is 0 Å². The summed E-state index contributed by atoms with van der Waals surface area (Å²) in [6, 6.07) is 10.1. The maximum absolute atomic E-state index is 13.8. The molecule has 0 saturated heterocycles. The summed E-state index contributed by atoms with van der Waals surface area (Å²) in [6.45, 7) is 1.89. The molecule has 1 nitrogen and oxygen atoms in total. The first kappa shape index (κ1) is 14.3. The number of hydrogen-bond acceptors (Lipinski definition) is 1. The lowest BCUT2D eigenvalue weighted by Gasteiger charge is -2.13. The van der Waals surface area contributed by atoms with Gasteiger partial charge in [-0.3, -0.25) is 0 Å². The van der Waals surface area contributed by atoms with Crippen LogP contribution in [0, 0.1) is 12.7 Å². The molecule has 1 atom stereocenters. The predicted octanol–water partition coefficient (Wildman–Crippen LogP) is 4.72. The first-order valence-electron chi connectivity index (χ1n) is 5.85. The van der Waals surface area contributed by atoms with Crippen molar-refractivity contribution in [3.8, 4) is 0 Å². The van der Waals surface area contributed by atoms with E-state index in [-0.39, 0.29) is 11.4 Å². The fourth-order valence-electron chi connectivity index (χ4n) is 1.99. The average Bonchev–Trinajstić information content (AvgIpc) is 2.33. The summed E-state index contributed by atoms with van der Waals surface area (Å²) in [5.41, 5.74) is 2.01. The molecule has 0 radical (unpaired) electrons. The Balaban J connectivity index is 2.25. The van der Waals surface area contributed by atoms with Crippen LogP contribution in [-0.2, 0) is 6.42 Å². The van der Waals surface area contributed by atoms with Crippen molar-refractivity contribution in [3.63, 3.8) is 0 Å². The third kappa shape index (κ3) is 3.47. The van der Waals surface area contributed by atoms with Gasteiger partial charge in [0.2, 0.25) is 0 Å². The molecule has 0 spiro atoms. The molecule has 1 unspecified atom stereocenters. The minimum Gasteiger partial charge on any atom is -0.388 e.